The molecule has 0 unspecified atom stereocenters. The van der Waals surface area contributed by atoms with E-state index in [0.29, 0.717) is 13.1 Å². The zero-order valence-electron chi connectivity index (χ0n) is 14.0. The van der Waals surface area contributed by atoms with Crippen LogP contribution < -0.4 is 10.2 Å². The topological polar surface area (TPSA) is 78.4 Å². The number of amides is 3. The van der Waals surface area contributed by atoms with E-state index in [1.807, 2.05) is 0 Å². The maximum atomic E-state index is 13.9. The quantitative estimate of drug-likeness (QED) is 0.922. The zero-order chi connectivity index (χ0) is 18.0. The Bertz CT molecular complexity index is 806. The molecule has 0 bridgehead atoms. The van der Waals surface area contributed by atoms with Gasteiger partial charge in [-0.3, -0.25) is 15.0 Å². The van der Waals surface area contributed by atoms with Crippen LogP contribution in [0.2, 0.25) is 0 Å². The smallest absolute Gasteiger partial charge is 0.313 e. The summed E-state index contributed by atoms with van der Waals surface area (Å²) in [5.74, 6) is -0.653. The molecule has 1 aromatic heterocycles. The molecule has 1 aliphatic heterocycles. The lowest BCUT2D eigenvalue weighted by molar-refractivity contribution is -0.116. The summed E-state index contributed by atoms with van der Waals surface area (Å²) >= 11 is 0. The van der Waals surface area contributed by atoms with Crippen LogP contribution in [0.25, 0.3) is 0 Å². The molecule has 2 aromatic rings. The molecule has 8 heteroatoms. The molecule has 3 amide bonds. The number of aromatic nitrogens is 2. The minimum Gasteiger partial charge on any atom is -0.313 e. The van der Waals surface area contributed by atoms with Gasteiger partial charge in [-0.1, -0.05) is 12.1 Å². The molecule has 1 aromatic carbocycles. The Morgan fingerprint density at radius 3 is 2.56 bits per heavy atom. The molecule has 3 rings (SSSR count). The molecular formula is C17H18FN5O2. The Hall–Kier alpha value is -3.03. The molecule has 0 spiro atoms. The maximum absolute atomic E-state index is 13.9. The van der Waals surface area contributed by atoms with Gasteiger partial charge in [0.1, 0.15) is 12.4 Å². The van der Waals surface area contributed by atoms with E-state index < -0.39 is 17.8 Å². The van der Waals surface area contributed by atoms with E-state index in [-0.39, 0.29) is 18.2 Å². The van der Waals surface area contributed by atoms with Crippen molar-refractivity contribution in [2.75, 3.05) is 29.9 Å². The maximum Gasteiger partial charge on any atom is 0.325 e. The third-order valence-electron chi connectivity index (χ3n) is 3.81. The van der Waals surface area contributed by atoms with E-state index in [1.54, 1.807) is 38.1 Å². The number of carbonyl (C=O) groups is 2. The van der Waals surface area contributed by atoms with Crippen LogP contribution in [0.1, 0.15) is 11.4 Å². The van der Waals surface area contributed by atoms with E-state index in [9.17, 15) is 14.0 Å². The molecule has 1 fully saturated rings. The van der Waals surface area contributed by atoms with Crippen LogP contribution in [0.4, 0.5) is 20.8 Å². The number of benzene rings is 1. The number of aryl methyl sites for hydroxylation is 2. The number of para-hydroxylation sites is 1. The van der Waals surface area contributed by atoms with Gasteiger partial charge in [-0.2, -0.15) is 0 Å². The lowest BCUT2D eigenvalue weighted by Crippen LogP contribution is -2.37. The number of hydrogen-bond acceptors (Lipinski definition) is 4. The molecule has 0 aliphatic carbocycles. The Labute approximate surface area is 144 Å². The summed E-state index contributed by atoms with van der Waals surface area (Å²) in [5, 5.41) is 2.59. The first-order chi connectivity index (χ1) is 11.9. The van der Waals surface area contributed by atoms with E-state index in [4.69, 9.17) is 0 Å². The summed E-state index contributed by atoms with van der Waals surface area (Å²) in [6.07, 6.45) is 0. The first kappa shape index (κ1) is 16.8. The van der Waals surface area contributed by atoms with E-state index in [2.05, 4.69) is 15.3 Å². The first-order valence-electron chi connectivity index (χ1n) is 7.87. The highest BCUT2D eigenvalue weighted by Crippen LogP contribution is 2.23. The number of rotatable bonds is 4. The van der Waals surface area contributed by atoms with Crippen LogP contribution in [-0.4, -0.2) is 46.4 Å². The fraction of sp³-hybridized carbons (Fsp3) is 0.294. The van der Waals surface area contributed by atoms with Gasteiger partial charge in [0.25, 0.3) is 0 Å². The van der Waals surface area contributed by atoms with Crippen molar-refractivity contribution in [3.63, 3.8) is 0 Å². The van der Waals surface area contributed by atoms with Crippen LogP contribution in [-0.2, 0) is 4.79 Å². The first-order valence-corrected chi connectivity index (χ1v) is 7.87. The van der Waals surface area contributed by atoms with Gasteiger partial charge in [-0.25, -0.2) is 19.2 Å². The summed E-state index contributed by atoms with van der Waals surface area (Å²) in [6.45, 7) is 4.14. The molecule has 25 heavy (non-hydrogen) atoms. The number of urea groups is 1. The minimum atomic E-state index is -0.467. The fourth-order valence-corrected chi connectivity index (χ4v) is 2.74. The molecule has 1 N–H and O–H groups in total. The van der Waals surface area contributed by atoms with Crippen LogP contribution in [0.3, 0.4) is 0 Å². The Morgan fingerprint density at radius 2 is 1.88 bits per heavy atom. The Morgan fingerprint density at radius 1 is 1.20 bits per heavy atom. The predicted molar refractivity (Wildman–Crippen MR) is 90.9 cm³/mol. The molecule has 7 nitrogen and oxygen atoms in total. The summed E-state index contributed by atoms with van der Waals surface area (Å²) in [6, 6.07) is 7.47. The highest BCUT2D eigenvalue weighted by Gasteiger charge is 2.32. The van der Waals surface area contributed by atoms with Gasteiger partial charge in [-0.05, 0) is 32.0 Å². The fourth-order valence-electron chi connectivity index (χ4n) is 2.74. The number of nitrogens with one attached hydrogen (secondary N) is 1. The molecule has 0 atom stereocenters. The SMILES string of the molecule is Cc1cc(C)nc(NC(=O)CN2CCN(c3ccccc3F)C2=O)n1. The number of halogens is 1. The normalized spacial score (nSPS) is 14.1. The van der Waals surface area contributed by atoms with Gasteiger partial charge < -0.3 is 4.90 Å². The lowest BCUT2D eigenvalue weighted by atomic mass is 10.3. The summed E-state index contributed by atoms with van der Waals surface area (Å²) in [5.41, 5.74) is 1.70. The van der Waals surface area contributed by atoms with Gasteiger partial charge in [0.05, 0.1) is 5.69 Å². The van der Waals surface area contributed by atoms with Crippen molar-refractivity contribution in [3.8, 4) is 0 Å². The van der Waals surface area contributed by atoms with Crippen LogP contribution in [0.5, 0.6) is 0 Å². The molecule has 1 aliphatic rings. The van der Waals surface area contributed by atoms with E-state index in [1.165, 1.54) is 15.9 Å². The largest absolute Gasteiger partial charge is 0.325 e. The third-order valence-corrected chi connectivity index (χ3v) is 3.81. The molecule has 130 valence electrons. The number of anilines is 2. The standard InChI is InChI=1S/C17H18FN5O2/c1-11-9-12(2)20-16(19-11)21-15(24)10-22-7-8-23(17(22)25)14-6-4-3-5-13(14)18/h3-6,9H,7-8,10H2,1-2H3,(H,19,20,21,24). The molecule has 2 heterocycles. The van der Waals surface area contributed by atoms with Crippen molar-refractivity contribution in [3.05, 3.63) is 47.5 Å². The van der Waals surface area contributed by atoms with Crippen molar-refractivity contribution in [2.45, 2.75) is 13.8 Å². The minimum absolute atomic E-state index is 0.139. The van der Waals surface area contributed by atoms with Crippen molar-refractivity contribution < 1.29 is 14.0 Å². The average Bonchev–Trinajstić information content (AvgIpc) is 2.87. The van der Waals surface area contributed by atoms with Gasteiger partial charge in [0, 0.05) is 24.5 Å². The van der Waals surface area contributed by atoms with Crippen molar-refractivity contribution >= 4 is 23.6 Å². The lowest BCUT2D eigenvalue weighted by Gasteiger charge is -2.18. The second-order valence-electron chi connectivity index (χ2n) is 5.83. The van der Waals surface area contributed by atoms with Crippen molar-refractivity contribution in [1.82, 2.24) is 14.9 Å². The van der Waals surface area contributed by atoms with Crippen LogP contribution in [0, 0.1) is 19.7 Å². The van der Waals surface area contributed by atoms with E-state index in [0.717, 1.165) is 11.4 Å². The molecule has 0 saturated carbocycles. The third kappa shape index (κ3) is 3.73. The molecule has 1 saturated heterocycles. The van der Waals surface area contributed by atoms with Crippen molar-refractivity contribution in [1.29, 1.82) is 0 Å². The van der Waals surface area contributed by atoms with Gasteiger partial charge in [0.15, 0.2) is 0 Å². The zero-order valence-corrected chi connectivity index (χ0v) is 14.0. The summed E-state index contributed by atoms with van der Waals surface area (Å²) in [4.78, 5) is 35.6. The monoisotopic (exact) mass is 343 g/mol. The van der Waals surface area contributed by atoms with Crippen LogP contribution >= 0.6 is 0 Å². The second-order valence-corrected chi connectivity index (χ2v) is 5.83. The number of hydrogen-bond donors (Lipinski definition) is 1. The molecule has 0 radical (unpaired) electrons. The van der Waals surface area contributed by atoms with Crippen molar-refractivity contribution in [2.24, 2.45) is 0 Å². The van der Waals surface area contributed by atoms with Gasteiger partial charge in [-0.15, -0.1) is 0 Å². The van der Waals surface area contributed by atoms with Crippen LogP contribution in [0.15, 0.2) is 30.3 Å². The van der Waals surface area contributed by atoms with Gasteiger partial charge >= 0.3 is 6.03 Å². The number of carbonyl (C=O) groups excluding carboxylic acids is 2. The average molecular weight is 343 g/mol. The van der Waals surface area contributed by atoms with Gasteiger partial charge in [0.2, 0.25) is 11.9 Å². The highest BCUT2D eigenvalue weighted by molar-refractivity contribution is 5.98. The van der Waals surface area contributed by atoms with E-state index >= 15 is 0 Å². The Kier molecular flexibility index (Phi) is 4.60. The molecular weight excluding hydrogens is 325 g/mol. The Balaban J connectivity index is 1.65. The number of nitrogens with zero attached hydrogens (tertiary/aromatic N) is 4. The summed E-state index contributed by atoms with van der Waals surface area (Å²) < 4.78 is 13.9. The summed E-state index contributed by atoms with van der Waals surface area (Å²) in [7, 11) is 0. The highest BCUT2D eigenvalue weighted by atomic mass is 19.1. The second kappa shape index (κ2) is 6.84. The predicted octanol–water partition coefficient (Wildman–Crippen LogP) is 2.11.